The Morgan fingerprint density at radius 2 is 1.88 bits per heavy atom. The van der Waals surface area contributed by atoms with Gasteiger partial charge in [0, 0.05) is 17.5 Å². The Hall–Kier alpha value is -3.02. The van der Waals surface area contributed by atoms with Gasteiger partial charge in [-0.15, -0.1) is 10.2 Å². The number of methoxy groups -OCH3 is 1. The van der Waals surface area contributed by atoms with Crippen molar-refractivity contribution >= 4 is 0 Å². The van der Waals surface area contributed by atoms with Crippen LogP contribution in [0.3, 0.4) is 0 Å². The van der Waals surface area contributed by atoms with Gasteiger partial charge in [-0.2, -0.15) is 0 Å². The lowest BCUT2D eigenvalue weighted by molar-refractivity contribution is 0.130. The Labute approximate surface area is 151 Å². The predicted molar refractivity (Wildman–Crippen MR) is 95.5 cm³/mol. The lowest BCUT2D eigenvalue weighted by Crippen LogP contribution is -2.24. The minimum absolute atomic E-state index is 0.184. The zero-order chi connectivity index (χ0) is 18.1. The van der Waals surface area contributed by atoms with Crippen LogP contribution in [0, 0.1) is 0 Å². The average Bonchev–Trinajstić information content (AvgIpc) is 3.23. The van der Waals surface area contributed by atoms with Crippen molar-refractivity contribution in [3.05, 3.63) is 53.9 Å². The molecule has 0 aliphatic carbocycles. The summed E-state index contributed by atoms with van der Waals surface area (Å²) >= 11 is 0. The van der Waals surface area contributed by atoms with Crippen LogP contribution in [0.15, 0.2) is 46.9 Å². The molecule has 0 fully saturated rings. The number of ether oxygens (including phenoxy) is 3. The van der Waals surface area contributed by atoms with Crippen LogP contribution < -0.4 is 14.2 Å². The number of fused-ring (bicyclic) bond motifs is 1. The molecule has 1 aliphatic heterocycles. The fourth-order valence-corrected chi connectivity index (χ4v) is 3.00. The lowest BCUT2D eigenvalue weighted by Gasteiger charge is -2.18. The fraction of sp³-hybridized carbons (Fsp3) is 0.300. The summed E-state index contributed by atoms with van der Waals surface area (Å²) in [5, 5.41) is 8.14. The van der Waals surface area contributed by atoms with E-state index in [9.17, 15) is 0 Å². The third kappa shape index (κ3) is 3.22. The van der Waals surface area contributed by atoms with Crippen LogP contribution >= 0.6 is 0 Å². The average molecular weight is 352 g/mol. The lowest BCUT2D eigenvalue weighted by atomic mass is 10.0. The molecule has 6 nitrogen and oxygen atoms in total. The van der Waals surface area contributed by atoms with E-state index in [0.717, 1.165) is 29.0 Å². The molecule has 1 aliphatic rings. The number of hydrogen-bond acceptors (Lipinski definition) is 6. The van der Waals surface area contributed by atoms with Crippen molar-refractivity contribution in [2.75, 3.05) is 7.11 Å². The number of benzene rings is 2. The number of rotatable bonds is 5. The highest BCUT2D eigenvalue weighted by molar-refractivity contribution is 5.54. The van der Waals surface area contributed by atoms with Gasteiger partial charge in [-0.05, 0) is 44.2 Å². The third-order valence-electron chi connectivity index (χ3n) is 4.21. The molecule has 0 saturated heterocycles. The summed E-state index contributed by atoms with van der Waals surface area (Å²) in [4.78, 5) is 0. The van der Waals surface area contributed by atoms with E-state index in [-0.39, 0.29) is 12.2 Å². The number of nitrogens with zero attached hydrogens (tertiary/aromatic N) is 2. The highest BCUT2D eigenvalue weighted by Gasteiger charge is 2.32. The molecule has 0 bridgehead atoms. The molecule has 0 atom stereocenters. The van der Waals surface area contributed by atoms with Crippen molar-refractivity contribution in [3.8, 4) is 28.7 Å². The SMILES string of the molecule is COc1ccc(-c2nnc(COc3cccc4c3OC(C)(C)C4)o2)cc1. The Kier molecular flexibility index (Phi) is 4.03. The van der Waals surface area contributed by atoms with E-state index >= 15 is 0 Å². The van der Waals surface area contributed by atoms with Gasteiger partial charge >= 0.3 is 0 Å². The van der Waals surface area contributed by atoms with Crippen LogP contribution in [0.1, 0.15) is 25.3 Å². The quantitative estimate of drug-likeness (QED) is 0.690. The number of para-hydroxylation sites is 1. The smallest absolute Gasteiger partial charge is 0.254 e. The van der Waals surface area contributed by atoms with Crippen LogP contribution in [0.4, 0.5) is 0 Å². The van der Waals surface area contributed by atoms with E-state index in [1.165, 1.54) is 0 Å². The monoisotopic (exact) mass is 352 g/mol. The second-order valence-electron chi connectivity index (χ2n) is 6.80. The predicted octanol–water partition coefficient (Wildman–Crippen LogP) is 4.04. The molecule has 2 aromatic carbocycles. The van der Waals surface area contributed by atoms with Gasteiger partial charge in [0.25, 0.3) is 5.89 Å². The van der Waals surface area contributed by atoms with Gasteiger partial charge in [0.05, 0.1) is 7.11 Å². The van der Waals surface area contributed by atoms with Crippen molar-refractivity contribution in [2.24, 2.45) is 0 Å². The molecule has 26 heavy (non-hydrogen) atoms. The molecule has 0 unspecified atom stereocenters. The maximum absolute atomic E-state index is 6.01. The summed E-state index contributed by atoms with van der Waals surface area (Å²) in [6.07, 6.45) is 0.863. The van der Waals surface area contributed by atoms with Crippen LogP contribution in [0.25, 0.3) is 11.5 Å². The first kappa shape index (κ1) is 16.4. The summed E-state index contributed by atoms with van der Waals surface area (Å²) in [5.74, 6) is 3.12. The maximum atomic E-state index is 6.01. The molecular formula is C20H20N2O4. The third-order valence-corrected chi connectivity index (χ3v) is 4.21. The molecule has 0 amide bonds. The second kappa shape index (κ2) is 6.37. The van der Waals surface area contributed by atoms with Gasteiger partial charge in [0.15, 0.2) is 18.1 Å². The maximum Gasteiger partial charge on any atom is 0.254 e. The molecule has 1 aromatic heterocycles. The van der Waals surface area contributed by atoms with Gasteiger partial charge in [-0.1, -0.05) is 12.1 Å². The van der Waals surface area contributed by atoms with Crippen molar-refractivity contribution in [1.29, 1.82) is 0 Å². The molecule has 4 rings (SSSR count). The van der Waals surface area contributed by atoms with Gasteiger partial charge < -0.3 is 18.6 Å². The Morgan fingerprint density at radius 3 is 2.65 bits per heavy atom. The normalized spacial score (nSPS) is 14.6. The van der Waals surface area contributed by atoms with Crippen molar-refractivity contribution in [2.45, 2.75) is 32.5 Å². The Morgan fingerprint density at radius 1 is 1.08 bits per heavy atom. The Balaban J connectivity index is 1.47. The number of aromatic nitrogens is 2. The van der Waals surface area contributed by atoms with Crippen LogP contribution in [0.2, 0.25) is 0 Å². The summed E-state index contributed by atoms with van der Waals surface area (Å²) in [5.41, 5.74) is 1.76. The van der Waals surface area contributed by atoms with E-state index < -0.39 is 0 Å². The molecule has 0 spiro atoms. The standard InChI is InChI=1S/C20H20N2O4/c1-20(2)11-14-5-4-6-16(18(14)26-20)24-12-17-21-22-19(25-17)13-7-9-15(23-3)10-8-13/h4-10H,11-12H2,1-3H3. The second-order valence-corrected chi connectivity index (χ2v) is 6.80. The number of hydrogen-bond donors (Lipinski definition) is 0. The molecule has 0 radical (unpaired) electrons. The highest BCUT2D eigenvalue weighted by Crippen LogP contribution is 2.41. The molecule has 0 N–H and O–H groups in total. The molecule has 134 valence electrons. The van der Waals surface area contributed by atoms with Gasteiger partial charge in [-0.25, -0.2) is 0 Å². The summed E-state index contributed by atoms with van der Waals surface area (Å²) < 4.78 is 22.7. The van der Waals surface area contributed by atoms with E-state index in [1.807, 2.05) is 36.4 Å². The van der Waals surface area contributed by atoms with Crippen LogP contribution in [-0.2, 0) is 13.0 Å². The fourth-order valence-electron chi connectivity index (χ4n) is 3.00. The summed E-state index contributed by atoms with van der Waals surface area (Å²) in [7, 11) is 1.63. The zero-order valence-corrected chi connectivity index (χ0v) is 15.0. The zero-order valence-electron chi connectivity index (χ0n) is 15.0. The minimum atomic E-state index is -0.214. The largest absolute Gasteiger partial charge is 0.497 e. The first-order valence-corrected chi connectivity index (χ1v) is 8.44. The van der Waals surface area contributed by atoms with E-state index in [4.69, 9.17) is 18.6 Å². The van der Waals surface area contributed by atoms with Gasteiger partial charge in [-0.3, -0.25) is 0 Å². The molecule has 6 heteroatoms. The van der Waals surface area contributed by atoms with Crippen molar-refractivity contribution in [1.82, 2.24) is 10.2 Å². The van der Waals surface area contributed by atoms with Crippen molar-refractivity contribution in [3.63, 3.8) is 0 Å². The molecular weight excluding hydrogens is 332 g/mol. The van der Waals surface area contributed by atoms with Gasteiger partial charge in [0.1, 0.15) is 11.4 Å². The van der Waals surface area contributed by atoms with E-state index in [1.54, 1.807) is 7.11 Å². The first-order chi connectivity index (χ1) is 12.5. The molecule has 2 heterocycles. The summed E-state index contributed by atoms with van der Waals surface area (Å²) in [6, 6.07) is 13.4. The summed E-state index contributed by atoms with van der Waals surface area (Å²) in [6.45, 7) is 4.31. The van der Waals surface area contributed by atoms with Gasteiger partial charge in [0.2, 0.25) is 5.89 Å². The topological polar surface area (TPSA) is 66.6 Å². The van der Waals surface area contributed by atoms with E-state index in [2.05, 4.69) is 30.1 Å². The first-order valence-electron chi connectivity index (χ1n) is 8.44. The van der Waals surface area contributed by atoms with Crippen molar-refractivity contribution < 1.29 is 18.6 Å². The van der Waals surface area contributed by atoms with E-state index in [0.29, 0.717) is 17.5 Å². The molecule has 0 saturated carbocycles. The highest BCUT2D eigenvalue weighted by atomic mass is 16.5. The van der Waals surface area contributed by atoms with Crippen LogP contribution in [-0.4, -0.2) is 22.9 Å². The minimum Gasteiger partial charge on any atom is -0.497 e. The Bertz CT molecular complexity index is 916. The van der Waals surface area contributed by atoms with Crippen LogP contribution in [0.5, 0.6) is 17.2 Å². The molecule has 3 aromatic rings.